The third-order valence-electron chi connectivity index (χ3n) is 7.49. The van der Waals surface area contributed by atoms with Gasteiger partial charge in [0.15, 0.2) is 0 Å². The number of primary amides is 1. The van der Waals surface area contributed by atoms with Crippen LogP contribution in [0.1, 0.15) is 45.1 Å². The number of rotatable bonds is 10. The molecule has 4 aromatic rings. The maximum atomic E-state index is 13.5. The average molecular weight is 565 g/mol. The third-order valence-corrected chi connectivity index (χ3v) is 7.49. The van der Waals surface area contributed by atoms with Crippen molar-refractivity contribution in [2.45, 2.75) is 31.5 Å². The molecule has 0 saturated heterocycles. The maximum absolute atomic E-state index is 13.5. The molecule has 10 nitrogen and oxygen atoms in total. The predicted molar refractivity (Wildman–Crippen MR) is 157 cm³/mol. The average Bonchev–Trinajstić information content (AvgIpc) is 3.48. The fraction of sp³-hybridized carbons (Fsp3) is 0.250. The van der Waals surface area contributed by atoms with E-state index in [1.165, 1.54) is 0 Å². The van der Waals surface area contributed by atoms with Gasteiger partial charge < -0.3 is 30.0 Å². The second-order valence-corrected chi connectivity index (χ2v) is 10.2. The molecular formula is C32H32N6O4. The number of hydrogen-bond acceptors (Lipinski definition) is 7. The zero-order valence-corrected chi connectivity index (χ0v) is 23.5. The van der Waals surface area contributed by atoms with Crippen molar-refractivity contribution in [2.24, 2.45) is 5.73 Å². The minimum absolute atomic E-state index is 0.0795. The van der Waals surface area contributed by atoms with E-state index >= 15 is 0 Å². The van der Waals surface area contributed by atoms with Crippen molar-refractivity contribution in [1.82, 2.24) is 14.9 Å². The summed E-state index contributed by atoms with van der Waals surface area (Å²) in [4.78, 5) is 32.3. The molecule has 1 aromatic heterocycles. The van der Waals surface area contributed by atoms with E-state index in [2.05, 4.69) is 21.3 Å². The van der Waals surface area contributed by atoms with Crippen LogP contribution in [0.3, 0.4) is 0 Å². The molecule has 1 aliphatic heterocycles. The predicted octanol–water partition coefficient (Wildman–Crippen LogP) is 3.60. The molecule has 5 rings (SSSR count). The second-order valence-electron chi connectivity index (χ2n) is 10.2. The van der Waals surface area contributed by atoms with Gasteiger partial charge in [-0.25, -0.2) is 4.98 Å². The molecular weight excluding hydrogens is 532 g/mol. The normalized spacial score (nSPS) is 14.5. The number of hydrogen-bond donors (Lipinski definition) is 2. The highest BCUT2D eigenvalue weighted by Gasteiger charge is 2.31. The van der Waals surface area contributed by atoms with Gasteiger partial charge in [0, 0.05) is 25.5 Å². The lowest BCUT2D eigenvalue weighted by atomic mass is 9.95. The van der Waals surface area contributed by atoms with Crippen LogP contribution in [-0.2, 0) is 17.8 Å². The molecule has 3 aromatic carbocycles. The molecule has 42 heavy (non-hydrogen) atoms. The molecule has 0 aliphatic carbocycles. The lowest BCUT2D eigenvalue weighted by molar-refractivity contribution is -0.119. The number of ether oxygens (including phenoxy) is 2. The van der Waals surface area contributed by atoms with Gasteiger partial charge in [0.1, 0.15) is 23.4 Å². The topological polar surface area (TPSA) is 136 Å². The first-order valence-corrected chi connectivity index (χ1v) is 13.6. The molecule has 214 valence electrons. The van der Waals surface area contributed by atoms with E-state index in [-0.39, 0.29) is 12.5 Å². The van der Waals surface area contributed by atoms with Crippen molar-refractivity contribution >= 4 is 17.6 Å². The van der Waals surface area contributed by atoms with Gasteiger partial charge in [-0.15, -0.1) is 0 Å². The maximum Gasteiger partial charge on any atom is 0.255 e. The minimum Gasteiger partial charge on any atom is -0.497 e. The molecule has 2 atom stereocenters. The first-order valence-electron chi connectivity index (χ1n) is 13.6. The van der Waals surface area contributed by atoms with Crippen molar-refractivity contribution in [2.75, 3.05) is 25.7 Å². The van der Waals surface area contributed by atoms with Gasteiger partial charge in [0.25, 0.3) is 5.91 Å². The van der Waals surface area contributed by atoms with Crippen LogP contribution < -0.4 is 25.4 Å². The van der Waals surface area contributed by atoms with E-state index in [0.29, 0.717) is 42.2 Å². The number of amides is 2. The van der Waals surface area contributed by atoms with Crippen LogP contribution in [0, 0.1) is 11.3 Å². The van der Waals surface area contributed by atoms with Gasteiger partial charge >= 0.3 is 0 Å². The summed E-state index contributed by atoms with van der Waals surface area (Å²) in [5.74, 6) is 1.03. The molecule has 1 aliphatic rings. The first kappa shape index (κ1) is 28.2. The van der Waals surface area contributed by atoms with Gasteiger partial charge in [0.2, 0.25) is 5.91 Å². The number of carbonyl (C=O) groups excluding carboxylic acids is 2. The lowest BCUT2D eigenvalue weighted by Gasteiger charge is -2.35. The number of para-hydroxylation sites is 1. The van der Waals surface area contributed by atoms with Crippen molar-refractivity contribution in [3.63, 3.8) is 0 Å². The fourth-order valence-corrected chi connectivity index (χ4v) is 5.21. The Morgan fingerprint density at radius 3 is 2.60 bits per heavy atom. The van der Waals surface area contributed by atoms with E-state index in [1.54, 1.807) is 43.8 Å². The van der Waals surface area contributed by atoms with E-state index in [4.69, 9.17) is 20.5 Å². The highest BCUT2D eigenvalue weighted by Crippen LogP contribution is 2.39. The zero-order chi connectivity index (χ0) is 29.6. The number of nitrogens with zero attached hydrogens (tertiary/aromatic N) is 4. The highest BCUT2D eigenvalue weighted by molar-refractivity contribution is 6.00. The van der Waals surface area contributed by atoms with Gasteiger partial charge in [-0.1, -0.05) is 36.4 Å². The Bertz CT molecular complexity index is 1610. The lowest BCUT2D eigenvalue weighted by Crippen LogP contribution is -2.46. The van der Waals surface area contributed by atoms with Gasteiger partial charge in [0.05, 0.1) is 56.0 Å². The number of nitriles is 1. The van der Waals surface area contributed by atoms with Crippen molar-refractivity contribution in [1.29, 1.82) is 5.26 Å². The molecule has 0 bridgehead atoms. The summed E-state index contributed by atoms with van der Waals surface area (Å²) in [7, 11) is 3.58. The van der Waals surface area contributed by atoms with Crippen LogP contribution in [0.4, 0.5) is 5.82 Å². The summed E-state index contributed by atoms with van der Waals surface area (Å²) >= 11 is 0. The number of anilines is 1. The summed E-state index contributed by atoms with van der Waals surface area (Å²) < 4.78 is 13.3. The molecule has 0 unspecified atom stereocenters. The quantitative estimate of drug-likeness (QED) is 0.300. The summed E-state index contributed by atoms with van der Waals surface area (Å²) in [6.07, 6.45) is 4.54. The largest absolute Gasteiger partial charge is 0.497 e. The number of nitrogens with two attached hydrogens (primary N) is 1. The van der Waals surface area contributed by atoms with Crippen LogP contribution in [0.15, 0.2) is 79.3 Å². The Morgan fingerprint density at radius 1 is 1.17 bits per heavy atom. The van der Waals surface area contributed by atoms with Crippen LogP contribution in [0.25, 0.3) is 0 Å². The number of methoxy groups -OCH3 is 1. The summed E-state index contributed by atoms with van der Waals surface area (Å²) in [5, 5.41) is 11.9. The minimum atomic E-state index is -0.902. The van der Waals surface area contributed by atoms with E-state index in [1.807, 2.05) is 54.2 Å². The van der Waals surface area contributed by atoms with Crippen LogP contribution in [-0.4, -0.2) is 48.2 Å². The van der Waals surface area contributed by atoms with Gasteiger partial charge in [-0.05, 0) is 41.5 Å². The Kier molecular flexibility index (Phi) is 8.39. The number of nitrogens with one attached hydrogen (secondary N) is 1. The smallest absolute Gasteiger partial charge is 0.255 e. The van der Waals surface area contributed by atoms with Crippen molar-refractivity contribution in [3.8, 4) is 17.6 Å². The molecule has 3 N–H and O–H groups in total. The Hall–Kier alpha value is -5.30. The summed E-state index contributed by atoms with van der Waals surface area (Å²) in [6, 6.07) is 21.4. The highest BCUT2D eigenvalue weighted by atomic mass is 16.5. The third kappa shape index (κ3) is 6.05. The standard InChI is InChI=1S/C32H32N6O4/c1-37(29-18-35-20-38(29)19-23-8-6-22(17-33)7-9-23)28-14-15-42-30-25(28)4-3-5-26(30)32(40)36-27(31(34)39)16-21-10-12-24(41-2)13-11-21/h3-13,18,20,27-28H,14-16,19H2,1-2H3,(H2,34,39)(H,36,40)/t27-,28-/m0/s1. The molecule has 2 heterocycles. The molecule has 0 saturated carbocycles. The molecule has 10 heteroatoms. The van der Waals surface area contributed by atoms with E-state index < -0.39 is 17.9 Å². The van der Waals surface area contributed by atoms with Crippen LogP contribution in [0.5, 0.6) is 11.5 Å². The summed E-state index contributed by atoms with van der Waals surface area (Å²) in [6.45, 7) is 1.01. The SMILES string of the molecule is COc1ccc(C[C@H](NC(=O)c2cccc3c2OCC[C@@H]3N(C)c2cncn2Cc2ccc(C#N)cc2)C(N)=O)cc1. The fourth-order valence-electron chi connectivity index (χ4n) is 5.21. The molecule has 2 amide bonds. The first-order chi connectivity index (χ1) is 20.4. The van der Waals surface area contributed by atoms with Crippen LogP contribution in [0.2, 0.25) is 0 Å². The van der Waals surface area contributed by atoms with Crippen molar-refractivity contribution < 1.29 is 19.1 Å². The number of aromatic nitrogens is 2. The number of carbonyl (C=O) groups is 2. The zero-order valence-electron chi connectivity index (χ0n) is 23.5. The number of imidazole rings is 1. The Morgan fingerprint density at radius 2 is 1.90 bits per heavy atom. The summed E-state index contributed by atoms with van der Waals surface area (Å²) in [5.41, 5.74) is 9.38. The molecule has 0 radical (unpaired) electrons. The molecule has 0 spiro atoms. The van der Waals surface area contributed by atoms with E-state index in [9.17, 15) is 9.59 Å². The number of fused-ring (bicyclic) bond motifs is 1. The van der Waals surface area contributed by atoms with Gasteiger partial charge in [-0.3, -0.25) is 9.59 Å². The Balaban J connectivity index is 1.35. The number of benzene rings is 3. The van der Waals surface area contributed by atoms with Gasteiger partial charge in [-0.2, -0.15) is 5.26 Å². The van der Waals surface area contributed by atoms with Crippen LogP contribution >= 0.6 is 0 Å². The Labute approximate surface area is 244 Å². The molecule has 0 fully saturated rings. The monoisotopic (exact) mass is 564 g/mol. The van der Waals surface area contributed by atoms with E-state index in [0.717, 1.165) is 22.5 Å². The second kappa shape index (κ2) is 12.5. The van der Waals surface area contributed by atoms with Crippen molar-refractivity contribution in [3.05, 3.63) is 107 Å².